The molecule has 1 aliphatic rings. The van der Waals surface area contributed by atoms with Gasteiger partial charge in [0.05, 0.1) is 0 Å². The van der Waals surface area contributed by atoms with Gasteiger partial charge in [0.2, 0.25) is 10.0 Å². The highest BCUT2D eigenvalue weighted by Gasteiger charge is 2.30. The normalized spacial score (nSPS) is 18.7. The monoisotopic (exact) mass is 350 g/mol. The molecule has 1 heterocycles. The third kappa shape index (κ3) is 2.93. The van der Waals surface area contributed by atoms with Gasteiger partial charge in [-0.25, -0.2) is 12.8 Å². The van der Waals surface area contributed by atoms with E-state index in [1.54, 1.807) is 0 Å². The lowest BCUT2D eigenvalue weighted by Gasteiger charge is -2.29. The zero-order valence-electron chi connectivity index (χ0n) is 10.6. The van der Waals surface area contributed by atoms with Crippen molar-refractivity contribution in [2.45, 2.75) is 24.7 Å². The summed E-state index contributed by atoms with van der Waals surface area (Å²) in [5, 5.41) is 0. The molecule has 1 fully saturated rings. The lowest BCUT2D eigenvalue weighted by Crippen LogP contribution is -2.38. The van der Waals surface area contributed by atoms with Gasteiger partial charge in [0.25, 0.3) is 0 Å². The van der Waals surface area contributed by atoms with Crippen molar-refractivity contribution < 1.29 is 12.8 Å². The molecule has 0 saturated carbocycles. The highest BCUT2D eigenvalue weighted by Crippen LogP contribution is 2.29. The molecule has 2 N–H and O–H groups in total. The molecule has 1 aromatic rings. The summed E-state index contributed by atoms with van der Waals surface area (Å²) in [6, 6.07) is 2.27. The van der Waals surface area contributed by atoms with E-state index in [-0.39, 0.29) is 10.6 Å². The quantitative estimate of drug-likeness (QED) is 0.833. The van der Waals surface area contributed by atoms with E-state index in [1.807, 2.05) is 0 Å². The maximum Gasteiger partial charge on any atom is 0.246 e. The van der Waals surface area contributed by atoms with Crippen molar-refractivity contribution in [1.82, 2.24) is 4.31 Å². The second-order valence-corrected chi connectivity index (χ2v) is 7.65. The average Bonchev–Trinajstić information content (AvgIpc) is 2.34. The summed E-state index contributed by atoms with van der Waals surface area (Å²) in [4.78, 5) is -0.345. The molecule has 0 aliphatic carbocycles. The van der Waals surface area contributed by atoms with Crippen molar-refractivity contribution >= 4 is 31.6 Å². The molecule has 0 amide bonds. The summed E-state index contributed by atoms with van der Waals surface area (Å²) in [6.07, 6.45) is 1.60. The molecule has 1 saturated heterocycles. The van der Waals surface area contributed by atoms with E-state index in [1.165, 1.54) is 10.4 Å². The van der Waals surface area contributed by atoms with E-state index in [0.29, 0.717) is 23.5 Å². The second-order valence-electron chi connectivity index (χ2n) is 4.89. The zero-order chi connectivity index (χ0) is 14.2. The predicted molar refractivity (Wildman–Crippen MR) is 75.7 cm³/mol. The lowest BCUT2D eigenvalue weighted by atomic mass is 10.0. The van der Waals surface area contributed by atoms with Crippen LogP contribution in [-0.4, -0.2) is 25.8 Å². The van der Waals surface area contributed by atoms with E-state index < -0.39 is 15.8 Å². The molecule has 2 rings (SSSR count). The van der Waals surface area contributed by atoms with Gasteiger partial charge in [-0.1, -0.05) is 6.92 Å². The van der Waals surface area contributed by atoms with E-state index in [9.17, 15) is 12.8 Å². The van der Waals surface area contributed by atoms with Crippen molar-refractivity contribution in [1.29, 1.82) is 0 Å². The molecule has 1 aliphatic heterocycles. The fourth-order valence-corrected chi connectivity index (χ4v) is 3.97. The number of rotatable bonds is 2. The molecule has 4 nitrogen and oxygen atoms in total. The molecule has 0 unspecified atom stereocenters. The van der Waals surface area contributed by atoms with Gasteiger partial charge in [-0.3, -0.25) is 0 Å². The van der Waals surface area contributed by atoms with Gasteiger partial charge in [0.15, 0.2) is 0 Å². The number of piperidine rings is 1. The van der Waals surface area contributed by atoms with Crippen LogP contribution >= 0.6 is 15.9 Å². The predicted octanol–water partition coefficient (Wildman–Crippen LogP) is 2.59. The highest BCUT2D eigenvalue weighted by atomic mass is 79.9. The van der Waals surface area contributed by atoms with Gasteiger partial charge in [-0.05, 0) is 46.8 Å². The van der Waals surface area contributed by atoms with Gasteiger partial charge >= 0.3 is 0 Å². The first kappa shape index (κ1) is 14.7. The Bertz CT molecular complexity index is 584. The van der Waals surface area contributed by atoms with Crippen molar-refractivity contribution in [3.63, 3.8) is 0 Å². The smallest absolute Gasteiger partial charge is 0.246 e. The Labute approximate surface area is 121 Å². The van der Waals surface area contributed by atoms with Crippen molar-refractivity contribution in [2.24, 2.45) is 5.92 Å². The molecule has 0 aromatic heterocycles. The number of anilines is 1. The summed E-state index contributed by atoms with van der Waals surface area (Å²) >= 11 is 3.08. The largest absolute Gasteiger partial charge is 0.398 e. The molecule has 1 aromatic carbocycles. The van der Waals surface area contributed by atoms with Gasteiger partial charge in [-0.15, -0.1) is 0 Å². The molecule has 7 heteroatoms. The standard InChI is InChI=1S/C12H16BrFN2O2S/c1-8-2-4-16(5-3-8)19(17,18)12-7-11(15)9(13)6-10(12)14/h6-8H,2-5,15H2,1H3. The van der Waals surface area contributed by atoms with Gasteiger partial charge in [-0.2, -0.15) is 4.31 Å². The van der Waals surface area contributed by atoms with Crippen molar-refractivity contribution in [3.8, 4) is 0 Å². The Hall–Kier alpha value is -0.660. The van der Waals surface area contributed by atoms with Crippen LogP contribution in [0, 0.1) is 11.7 Å². The zero-order valence-corrected chi connectivity index (χ0v) is 13.0. The van der Waals surface area contributed by atoms with Crippen LogP contribution in [-0.2, 0) is 10.0 Å². The van der Waals surface area contributed by atoms with Gasteiger partial charge in [0.1, 0.15) is 10.7 Å². The number of hydrogen-bond acceptors (Lipinski definition) is 3. The maximum absolute atomic E-state index is 13.9. The first-order valence-electron chi connectivity index (χ1n) is 6.07. The van der Waals surface area contributed by atoms with Crippen LogP contribution in [0.25, 0.3) is 0 Å². The minimum Gasteiger partial charge on any atom is -0.398 e. The number of nitrogens with zero attached hydrogens (tertiary/aromatic N) is 1. The number of hydrogen-bond donors (Lipinski definition) is 1. The fraction of sp³-hybridized carbons (Fsp3) is 0.500. The van der Waals surface area contributed by atoms with E-state index in [4.69, 9.17) is 5.73 Å². The molecule has 0 radical (unpaired) electrons. The molecule has 19 heavy (non-hydrogen) atoms. The molecular weight excluding hydrogens is 335 g/mol. The summed E-state index contributed by atoms with van der Waals surface area (Å²) in [7, 11) is -3.80. The molecule has 0 atom stereocenters. The number of sulfonamides is 1. The van der Waals surface area contributed by atoms with Crippen LogP contribution in [0.3, 0.4) is 0 Å². The Kier molecular flexibility index (Phi) is 4.17. The van der Waals surface area contributed by atoms with Gasteiger partial charge in [0, 0.05) is 23.2 Å². The Morgan fingerprint density at radius 1 is 1.37 bits per heavy atom. The number of benzene rings is 1. The summed E-state index contributed by atoms with van der Waals surface area (Å²) in [6.45, 7) is 2.94. The fourth-order valence-electron chi connectivity index (χ4n) is 2.11. The first-order valence-corrected chi connectivity index (χ1v) is 8.30. The average molecular weight is 351 g/mol. The minimum atomic E-state index is -3.80. The summed E-state index contributed by atoms with van der Waals surface area (Å²) in [5.41, 5.74) is 5.85. The van der Waals surface area contributed by atoms with E-state index in [2.05, 4.69) is 22.9 Å². The Morgan fingerprint density at radius 2 is 1.95 bits per heavy atom. The van der Waals surface area contributed by atoms with Crippen LogP contribution < -0.4 is 5.73 Å². The third-order valence-corrected chi connectivity index (χ3v) is 6.01. The van der Waals surface area contributed by atoms with Crippen LogP contribution in [0.15, 0.2) is 21.5 Å². The first-order chi connectivity index (χ1) is 8.82. The lowest BCUT2D eigenvalue weighted by molar-refractivity contribution is 0.287. The molecule has 0 spiro atoms. The SMILES string of the molecule is CC1CCN(S(=O)(=O)c2cc(N)c(Br)cc2F)CC1. The molecule has 106 valence electrons. The summed E-state index contributed by atoms with van der Waals surface area (Å²) in [5.74, 6) is -0.272. The molecule has 0 bridgehead atoms. The Morgan fingerprint density at radius 3 is 2.53 bits per heavy atom. The number of nitrogen functional groups attached to an aromatic ring is 1. The summed E-state index contributed by atoms with van der Waals surface area (Å²) < 4.78 is 40.3. The van der Waals surface area contributed by atoms with Crippen molar-refractivity contribution in [2.75, 3.05) is 18.8 Å². The van der Waals surface area contributed by atoms with Crippen LogP contribution in [0.5, 0.6) is 0 Å². The topological polar surface area (TPSA) is 63.4 Å². The van der Waals surface area contributed by atoms with Crippen molar-refractivity contribution in [3.05, 3.63) is 22.4 Å². The highest BCUT2D eigenvalue weighted by molar-refractivity contribution is 9.10. The van der Waals surface area contributed by atoms with Crippen LogP contribution in [0.2, 0.25) is 0 Å². The molecular formula is C12H16BrFN2O2S. The van der Waals surface area contributed by atoms with E-state index >= 15 is 0 Å². The van der Waals surface area contributed by atoms with Crippen LogP contribution in [0.1, 0.15) is 19.8 Å². The second kappa shape index (κ2) is 5.38. The van der Waals surface area contributed by atoms with Crippen LogP contribution in [0.4, 0.5) is 10.1 Å². The Balaban J connectivity index is 2.37. The van der Waals surface area contributed by atoms with E-state index in [0.717, 1.165) is 18.9 Å². The number of nitrogens with two attached hydrogens (primary N) is 1. The number of halogens is 2. The minimum absolute atomic E-state index is 0.213. The third-order valence-electron chi connectivity index (χ3n) is 3.41. The van der Waals surface area contributed by atoms with Gasteiger partial charge < -0.3 is 5.73 Å². The maximum atomic E-state index is 13.9.